The van der Waals surface area contributed by atoms with E-state index in [4.69, 9.17) is 4.74 Å². The van der Waals surface area contributed by atoms with Crippen molar-refractivity contribution in [3.8, 4) is 5.75 Å². The van der Waals surface area contributed by atoms with Crippen molar-refractivity contribution >= 4 is 11.6 Å². The zero-order chi connectivity index (χ0) is 20.4. The molecule has 0 unspecified atom stereocenters. The molecule has 2 aromatic carbocycles. The van der Waals surface area contributed by atoms with E-state index < -0.39 is 11.6 Å². The third kappa shape index (κ3) is 3.91. The summed E-state index contributed by atoms with van der Waals surface area (Å²) in [6.45, 7) is 5.90. The number of nitrogens with zero attached hydrogens (tertiary/aromatic N) is 1. The number of rotatable bonds is 5. The van der Waals surface area contributed by atoms with Gasteiger partial charge in [-0.1, -0.05) is 12.1 Å². The Morgan fingerprint density at radius 2 is 1.79 bits per heavy atom. The third-order valence-electron chi connectivity index (χ3n) is 4.64. The van der Waals surface area contributed by atoms with Gasteiger partial charge in [-0.3, -0.25) is 4.79 Å². The lowest BCUT2D eigenvalue weighted by Gasteiger charge is -2.15. The second-order valence-electron chi connectivity index (χ2n) is 6.81. The number of hydrogen-bond acceptors (Lipinski definition) is 2. The number of ether oxygens (including phenoxy) is 1. The molecule has 0 aliphatic carbocycles. The van der Waals surface area contributed by atoms with Gasteiger partial charge in [0.15, 0.2) is 11.6 Å². The van der Waals surface area contributed by atoms with Gasteiger partial charge in [-0.2, -0.15) is 0 Å². The highest BCUT2D eigenvalue weighted by atomic mass is 19.2. The summed E-state index contributed by atoms with van der Waals surface area (Å²) in [6.07, 6.45) is 0. The van der Waals surface area contributed by atoms with Crippen molar-refractivity contribution < 1.29 is 18.3 Å². The molecular formula is C22H22F2N2O2. The summed E-state index contributed by atoms with van der Waals surface area (Å²) in [5.41, 5.74) is 4.24. The number of aromatic nitrogens is 1. The summed E-state index contributed by atoms with van der Waals surface area (Å²) in [4.78, 5) is 13.0. The second kappa shape index (κ2) is 7.84. The molecular weight excluding hydrogens is 362 g/mol. The zero-order valence-electron chi connectivity index (χ0n) is 16.3. The van der Waals surface area contributed by atoms with Gasteiger partial charge in [0.1, 0.15) is 11.4 Å². The molecule has 0 saturated heterocycles. The Morgan fingerprint density at radius 3 is 2.46 bits per heavy atom. The van der Waals surface area contributed by atoms with Crippen LogP contribution in [-0.2, 0) is 6.54 Å². The van der Waals surface area contributed by atoms with Crippen LogP contribution >= 0.6 is 0 Å². The molecule has 1 N–H and O–H groups in total. The Bertz CT molecular complexity index is 1040. The maximum absolute atomic E-state index is 13.6. The molecule has 0 spiro atoms. The van der Waals surface area contributed by atoms with Gasteiger partial charge in [-0.25, -0.2) is 8.78 Å². The maximum Gasteiger partial charge on any atom is 0.272 e. The maximum atomic E-state index is 13.6. The van der Waals surface area contributed by atoms with Crippen LogP contribution in [0.1, 0.15) is 32.9 Å². The first kappa shape index (κ1) is 19.6. The van der Waals surface area contributed by atoms with E-state index in [1.165, 1.54) is 6.07 Å². The van der Waals surface area contributed by atoms with E-state index in [2.05, 4.69) is 5.32 Å². The fourth-order valence-corrected chi connectivity index (χ4v) is 3.28. The van der Waals surface area contributed by atoms with Crippen LogP contribution in [0.3, 0.4) is 0 Å². The van der Waals surface area contributed by atoms with Gasteiger partial charge >= 0.3 is 0 Å². The van der Waals surface area contributed by atoms with Gasteiger partial charge in [0.05, 0.1) is 12.8 Å². The predicted octanol–water partition coefficient (Wildman–Crippen LogP) is 5.00. The van der Waals surface area contributed by atoms with Crippen LogP contribution in [0.15, 0.2) is 42.5 Å². The molecule has 0 aliphatic heterocycles. The lowest BCUT2D eigenvalue weighted by atomic mass is 10.2. The minimum absolute atomic E-state index is 0.255. The second-order valence-corrected chi connectivity index (χ2v) is 6.81. The standard InChI is InChI=1S/C22H22F2N2O2/c1-13-5-8-20(28-4)19(9-13)25-22(27)21-14(2)10-15(3)26(21)12-16-6-7-17(23)18(24)11-16/h5-11H,12H2,1-4H3,(H,25,27). The summed E-state index contributed by atoms with van der Waals surface area (Å²) in [5, 5.41) is 2.90. The highest BCUT2D eigenvalue weighted by Crippen LogP contribution is 2.27. The predicted molar refractivity (Wildman–Crippen MR) is 105 cm³/mol. The Hall–Kier alpha value is -3.15. The molecule has 0 aliphatic rings. The molecule has 3 rings (SSSR count). The number of hydrogen-bond donors (Lipinski definition) is 1. The van der Waals surface area contributed by atoms with Crippen LogP contribution in [0, 0.1) is 32.4 Å². The molecule has 3 aromatic rings. The van der Waals surface area contributed by atoms with Gasteiger partial charge < -0.3 is 14.6 Å². The van der Waals surface area contributed by atoms with Crippen LogP contribution in [0.5, 0.6) is 5.75 Å². The van der Waals surface area contributed by atoms with Gasteiger partial charge in [0.25, 0.3) is 5.91 Å². The van der Waals surface area contributed by atoms with Crippen molar-refractivity contribution in [2.75, 3.05) is 12.4 Å². The highest BCUT2D eigenvalue weighted by Gasteiger charge is 2.19. The van der Waals surface area contributed by atoms with Crippen molar-refractivity contribution in [1.29, 1.82) is 0 Å². The molecule has 1 heterocycles. The van der Waals surface area contributed by atoms with E-state index in [1.54, 1.807) is 17.7 Å². The smallest absolute Gasteiger partial charge is 0.272 e. The number of anilines is 1. The van der Waals surface area contributed by atoms with Crippen LogP contribution in [0.4, 0.5) is 14.5 Å². The van der Waals surface area contributed by atoms with Crippen molar-refractivity contribution in [1.82, 2.24) is 4.57 Å². The Balaban J connectivity index is 1.95. The van der Waals surface area contributed by atoms with Crippen LogP contribution in [0.25, 0.3) is 0 Å². The third-order valence-corrected chi connectivity index (χ3v) is 4.64. The van der Waals surface area contributed by atoms with Crippen molar-refractivity contribution in [2.45, 2.75) is 27.3 Å². The first-order chi connectivity index (χ1) is 13.3. The van der Waals surface area contributed by atoms with E-state index in [9.17, 15) is 13.6 Å². The van der Waals surface area contributed by atoms with Gasteiger partial charge in [-0.05, 0) is 67.8 Å². The number of aryl methyl sites for hydroxylation is 3. The quantitative estimate of drug-likeness (QED) is 0.673. The molecule has 28 heavy (non-hydrogen) atoms. The van der Waals surface area contributed by atoms with E-state index in [0.717, 1.165) is 29.0 Å². The normalized spacial score (nSPS) is 10.8. The fourth-order valence-electron chi connectivity index (χ4n) is 3.28. The van der Waals surface area contributed by atoms with Crippen LogP contribution in [0.2, 0.25) is 0 Å². The number of carbonyl (C=O) groups is 1. The Kier molecular flexibility index (Phi) is 5.49. The van der Waals surface area contributed by atoms with Crippen LogP contribution in [-0.4, -0.2) is 17.6 Å². The SMILES string of the molecule is COc1ccc(C)cc1NC(=O)c1c(C)cc(C)n1Cc1ccc(F)c(F)c1. The van der Waals surface area contributed by atoms with Crippen molar-refractivity contribution in [3.63, 3.8) is 0 Å². The molecule has 1 amide bonds. The van der Waals surface area contributed by atoms with Gasteiger partial charge in [-0.15, -0.1) is 0 Å². The van der Waals surface area contributed by atoms with E-state index in [1.807, 2.05) is 39.0 Å². The first-order valence-electron chi connectivity index (χ1n) is 8.86. The van der Waals surface area contributed by atoms with Gasteiger partial charge in [0, 0.05) is 12.2 Å². The van der Waals surface area contributed by atoms with Crippen molar-refractivity contribution in [3.05, 3.63) is 82.2 Å². The minimum Gasteiger partial charge on any atom is -0.495 e. The summed E-state index contributed by atoms with van der Waals surface area (Å²) >= 11 is 0. The average molecular weight is 384 g/mol. The first-order valence-corrected chi connectivity index (χ1v) is 8.86. The van der Waals surface area contributed by atoms with E-state index in [0.29, 0.717) is 22.7 Å². The molecule has 0 fully saturated rings. The molecule has 146 valence electrons. The molecule has 6 heteroatoms. The number of amides is 1. The Labute approximate surface area is 162 Å². The fraction of sp³-hybridized carbons (Fsp3) is 0.227. The van der Waals surface area contributed by atoms with Crippen molar-refractivity contribution in [2.24, 2.45) is 0 Å². The topological polar surface area (TPSA) is 43.3 Å². The lowest BCUT2D eigenvalue weighted by molar-refractivity contribution is 0.101. The minimum atomic E-state index is -0.908. The van der Waals surface area contributed by atoms with Gasteiger partial charge in [0.2, 0.25) is 0 Å². The molecule has 4 nitrogen and oxygen atoms in total. The number of benzene rings is 2. The number of halogens is 2. The summed E-state index contributed by atoms with van der Waals surface area (Å²) < 4.78 is 33.9. The lowest BCUT2D eigenvalue weighted by Crippen LogP contribution is -2.19. The summed E-state index contributed by atoms with van der Waals surface area (Å²) in [6, 6.07) is 11.2. The zero-order valence-corrected chi connectivity index (χ0v) is 16.3. The molecule has 1 aromatic heterocycles. The number of nitrogens with one attached hydrogen (secondary N) is 1. The largest absolute Gasteiger partial charge is 0.495 e. The Morgan fingerprint density at radius 1 is 1.04 bits per heavy atom. The molecule has 0 bridgehead atoms. The number of methoxy groups -OCH3 is 1. The monoisotopic (exact) mass is 384 g/mol. The van der Waals surface area contributed by atoms with Crippen LogP contribution < -0.4 is 10.1 Å². The average Bonchev–Trinajstić information content (AvgIpc) is 2.91. The van der Waals surface area contributed by atoms with E-state index >= 15 is 0 Å². The number of carbonyl (C=O) groups excluding carboxylic acids is 1. The molecule has 0 radical (unpaired) electrons. The summed E-state index contributed by atoms with van der Waals surface area (Å²) in [7, 11) is 1.54. The summed E-state index contributed by atoms with van der Waals surface area (Å²) in [5.74, 6) is -1.53. The highest BCUT2D eigenvalue weighted by molar-refractivity contribution is 6.05. The molecule has 0 atom stereocenters. The molecule has 0 saturated carbocycles. The van der Waals surface area contributed by atoms with E-state index in [-0.39, 0.29) is 12.5 Å².